The van der Waals surface area contributed by atoms with Gasteiger partial charge in [-0.1, -0.05) is 19.8 Å². The van der Waals surface area contributed by atoms with Gasteiger partial charge in [-0.05, 0) is 19.2 Å². The van der Waals surface area contributed by atoms with Crippen LogP contribution in [0.2, 0.25) is 0 Å². The second kappa shape index (κ2) is 4.51. The molecule has 1 N–H and O–H groups in total. The van der Waals surface area contributed by atoms with Crippen LogP contribution in [-0.2, 0) is 4.84 Å². The molecule has 0 aliphatic carbocycles. The molecule has 0 radical (unpaired) electrons. The fourth-order valence-corrected chi connectivity index (χ4v) is 1.12. The summed E-state index contributed by atoms with van der Waals surface area (Å²) in [6.45, 7) is 2.19. The zero-order chi connectivity index (χ0) is 8.10. The molecule has 1 aliphatic heterocycles. The molecule has 0 aromatic carbocycles. The standard InChI is InChI=1S/C7H14N2OS/c1-2-3-4-5-7-6-8-9(11)10-7/h6,8,11H,2-5H2,1H3. The molecule has 1 heterocycles. The van der Waals surface area contributed by atoms with Crippen LogP contribution in [0.15, 0.2) is 12.0 Å². The van der Waals surface area contributed by atoms with Gasteiger partial charge in [-0.3, -0.25) is 5.43 Å². The van der Waals surface area contributed by atoms with Crippen molar-refractivity contribution in [3.05, 3.63) is 12.0 Å². The largest absolute Gasteiger partial charge is 0.379 e. The van der Waals surface area contributed by atoms with Gasteiger partial charge in [0.1, 0.15) is 5.76 Å². The van der Waals surface area contributed by atoms with E-state index in [2.05, 4.69) is 25.2 Å². The highest BCUT2D eigenvalue weighted by Gasteiger charge is 2.09. The number of rotatable bonds is 4. The molecule has 64 valence electrons. The lowest BCUT2D eigenvalue weighted by molar-refractivity contribution is -0.0276. The first-order valence-corrected chi connectivity index (χ1v) is 4.35. The molecule has 0 bridgehead atoms. The maximum atomic E-state index is 5.16. The number of unbranched alkanes of at least 4 members (excludes halogenated alkanes) is 2. The number of thiol groups is 1. The van der Waals surface area contributed by atoms with Crippen molar-refractivity contribution in [1.29, 1.82) is 0 Å². The zero-order valence-corrected chi connectivity index (χ0v) is 7.60. The second-order valence-electron chi connectivity index (χ2n) is 2.56. The van der Waals surface area contributed by atoms with Crippen LogP contribution in [0.1, 0.15) is 32.6 Å². The second-order valence-corrected chi connectivity index (χ2v) is 2.92. The smallest absolute Gasteiger partial charge is 0.145 e. The lowest BCUT2D eigenvalue weighted by Crippen LogP contribution is -2.16. The number of hydrogen-bond acceptors (Lipinski definition) is 4. The summed E-state index contributed by atoms with van der Waals surface area (Å²) in [4.78, 5) is 5.16. The molecular weight excluding hydrogens is 160 g/mol. The van der Waals surface area contributed by atoms with Crippen LogP contribution < -0.4 is 5.43 Å². The Bertz CT molecular complexity index is 149. The van der Waals surface area contributed by atoms with Crippen LogP contribution in [0.4, 0.5) is 0 Å². The number of nitrogens with zero attached hydrogens (tertiary/aromatic N) is 1. The van der Waals surface area contributed by atoms with Crippen molar-refractivity contribution in [3.63, 3.8) is 0 Å². The van der Waals surface area contributed by atoms with E-state index < -0.39 is 0 Å². The first-order chi connectivity index (χ1) is 5.33. The number of hydrazine groups is 1. The third kappa shape index (κ3) is 3.03. The zero-order valence-electron chi connectivity index (χ0n) is 6.71. The molecule has 0 unspecified atom stereocenters. The van der Waals surface area contributed by atoms with Gasteiger partial charge >= 0.3 is 0 Å². The first-order valence-electron chi connectivity index (χ1n) is 3.95. The Kier molecular flexibility index (Phi) is 3.59. The summed E-state index contributed by atoms with van der Waals surface area (Å²) in [6, 6.07) is 0. The van der Waals surface area contributed by atoms with Crippen molar-refractivity contribution in [2.45, 2.75) is 32.6 Å². The maximum absolute atomic E-state index is 5.16. The molecule has 0 atom stereocenters. The van der Waals surface area contributed by atoms with Crippen LogP contribution in [0, 0.1) is 0 Å². The Hall–Kier alpha value is -0.350. The average Bonchev–Trinajstić information content (AvgIpc) is 2.37. The summed E-state index contributed by atoms with van der Waals surface area (Å²) >= 11 is 3.94. The number of allylic oxidation sites excluding steroid dienone is 1. The lowest BCUT2D eigenvalue weighted by Gasteiger charge is -2.06. The van der Waals surface area contributed by atoms with Gasteiger partial charge in [0.25, 0.3) is 0 Å². The molecule has 0 spiro atoms. The molecular formula is C7H14N2OS. The van der Waals surface area contributed by atoms with Gasteiger partial charge < -0.3 is 4.84 Å². The summed E-state index contributed by atoms with van der Waals surface area (Å²) in [5.41, 5.74) is 2.81. The van der Waals surface area contributed by atoms with Crippen LogP contribution in [0.5, 0.6) is 0 Å². The normalized spacial score (nSPS) is 17.5. The Morgan fingerprint density at radius 2 is 2.45 bits per heavy atom. The Morgan fingerprint density at radius 3 is 3.00 bits per heavy atom. The highest BCUT2D eigenvalue weighted by Crippen LogP contribution is 2.15. The SMILES string of the molecule is CCCCCC1=CNN(S)O1. The third-order valence-electron chi connectivity index (χ3n) is 1.57. The average molecular weight is 174 g/mol. The first kappa shape index (κ1) is 8.74. The van der Waals surface area contributed by atoms with Crippen LogP contribution in [-0.4, -0.2) is 4.58 Å². The van der Waals surface area contributed by atoms with Crippen molar-refractivity contribution in [2.75, 3.05) is 0 Å². The van der Waals surface area contributed by atoms with Gasteiger partial charge in [0.2, 0.25) is 0 Å². The van der Waals surface area contributed by atoms with Crippen molar-refractivity contribution < 1.29 is 4.84 Å². The molecule has 1 aliphatic rings. The van der Waals surface area contributed by atoms with E-state index >= 15 is 0 Å². The van der Waals surface area contributed by atoms with Gasteiger partial charge in [-0.15, -0.1) is 0 Å². The topological polar surface area (TPSA) is 24.5 Å². The lowest BCUT2D eigenvalue weighted by atomic mass is 10.2. The molecule has 0 aromatic heterocycles. The minimum absolute atomic E-state index is 0.966. The Morgan fingerprint density at radius 1 is 1.64 bits per heavy atom. The highest BCUT2D eigenvalue weighted by atomic mass is 32.1. The number of nitrogens with one attached hydrogen (secondary N) is 1. The van der Waals surface area contributed by atoms with E-state index in [0.717, 1.165) is 12.2 Å². The monoisotopic (exact) mass is 174 g/mol. The fraction of sp³-hybridized carbons (Fsp3) is 0.714. The van der Waals surface area contributed by atoms with E-state index in [1.54, 1.807) is 0 Å². The Balaban J connectivity index is 2.08. The predicted molar refractivity (Wildman–Crippen MR) is 47.3 cm³/mol. The van der Waals surface area contributed by atoms with Crippen LogP contribution >= 0.6 is 12.8 Å². The summed E-state index contributed by atoms with van der Waals surface area (Å²) in [5, 5.41) is 0. The molecule has 0 saturated carbocycles. The summed E-state index contributed by atoms with van der Waals surface area (Å²) in [7, 11) is 0. The van der Waals surface area contributed by atoms with Gasteiger partial charge in [-0.2, -0.15) is 0 Å². The molecule has 4 heteroatoms. The van der Waals surface area contributed by atoms with E-state index in [1.807, 2.05) is 6.20 Å². The molecule has 0 saturated heterocycles. The molecule has 11 heavy (non-hydrogen) atoms. The minimum atomic E-state index is 0.966. The van der Waals surface area contributed by atoms with Crippen molar-refractivity contribution in [3.8, 4) is 0 Å². The Labute approximate surface area is 72.9 Å². The van der Waals surface area contributed by atoms with E-state index in [4.69, 9.17) is 4.84 Å². The predicted octanol–water partition coefficient (Wildman–Crippen LogP) is 2.00. The van der Waals surface area contributed by atoms with E-state index in [0.29, 0.717) is 0 Å². The summed E-state index contributed by atoms with van der Waals surface area (Å²) in [6.07, 6.45) is 6.52. The van der Waals surface area contributed by atoms with E-state index in [9.17, 15) is 0 Å². The van der Waals surface area contributed by atoms with Gasteiger partial charge in [0.15, 0.2) is 0 Å². The third-order valence-corrected chi connectivity index (χ3v) is 1.76. The molecule has 1 rings (SSSR count). The molecule has 0 aromatic rings. The van der Waals surface area contributed by atoms with Crippen LogP contribution in [0.3, 0.4) is 0 Å². The quantitative estimate of drug-likeness (QED) is 0.503. The fourth-order valence-electron chi connectivity index (χ4n) is 0.958. The van der Waals surface area contributed by atoms with E-state index in [1.165, 1.54) is 23.8 Å². The van der Waals surface area contributed by atoms with Crippen molar-refractivity contribution in [1.82, 2.24) is 10.0 Å². The summed E-state index contributed by atoms with van der Waals surface area (Å²) < 4.78 is 1.31. The van der Waals surface area contributed by atoms with Crippen molar-refractivity contribution in [2.24, 2.45) is 0 Å². The van der Waals surface area contributed by atoms with Gasteiger partial charge in [-0.25, -0.2) is 0 Å². The molecule has 0 fully saturated rings. The molecule has 0 amide bonds. The van der Waals surface area contributed by atoms with Gasteiger partial charge in [0, 0.05) is 11.0 Å². The van der Waals surface area contributed by atoms with Gasteiger partial charge in [0.05, 0.1) is 6.20 Å². The van der Waals surface area contributed by atoms with E-state index in [-0.39, 0.29) is 0 Å². The van der Waals surface area contributed by atoms with Crippen molar-refractivity contribution >= 4 is 12.8 Å². The number of hydrogen-bond donors (Lipinski definition) is 2. The maximum Gasteiger partial charge on any atom is 0.145 e. The highest BCUT2D eigenvalue weighted by molar-refractivity contribution is 7.77. The minimum Gasteiger partial charge on any atom is -0.379 e. The summed E-state index contributed by atoms with van der Waals surface area (Å²) in [5.74, 6) is 0.966. The molecule has 3 nitrogen and oxygen atoms in total. The van der Waals surface area contributed by atoms with Crippen LogP contribution in [0.25, 0.3) is 0 Å².